The molecule has 6 heteroatoms. The van der Waals surface area contributed by atoms with Gasteiger partial charge in [0.15, 0.2) is 0 Å². The molecule has 0 saturated carbocycles. The van der Waals surface area contributed by atoms with Crippen LogP contribution in [0.1, 0.15) is 26.7 Å². The molecule has 3 N–H and O–H groups in total. The van der Waals surface area contributed by atoms with Gasteiger partial charge in [-0.25, -0.2) is 4.98 Å². The van der Waals surface area contributed by atoms with Gasteiger partial charge in [0.25, 0.3) is 0 Å². The smallest absolute Gasteiger partial charge is 0.137 e. The molecule has 1 unspecified atom stereocenters. The lowest BCUT2D eigenvalue weighted by molar-refractivity contribution is 0.513. The predicted octanol–water partition coefficient (Wildman–Crippen LogP) is 0.959. The van der Waals surface area contributed by atoms with Gasteiger partial charge in [0.2, 0.25) is 0 Å². The fourth-order valence-electron chi connectivity index (χ4n) is 1.43. The third-order valence-electron chi connectivity index (χ3n) is 2.89. The van der Waals surface area contributed by atoms with Gasteiger partial charge in [-0.1, -0.05) is 32.5 Å². The van der Waals surface area contributed by atoms with E-state index in [0.717, 1.165) is 30.9 Å². The van der Waals surface area contributed by atoms with E-state index in [-0.39, 0.29) is 6.04 Å². The van der Waals surface area contributed by atoms with E-state index in [9.17, 15) is 0 Å². The van der Waals surface area contributed by atoms with Crippen molar-refractivity contribution in [3.8, 4) is 0 Å². The van der Waals surface area contributed by atoms with E-state index in [1.54, 1.807) is 11.0 Å². The summed E-state index contributed by atoms with van der Waals surface area (Å²) in [7, 11) is 0. The fraction of sp³-hybridized carbons (Fsp3) is 0.727. The summed E-state index contributed by atoms with van der Waals surface area (Å²) in [6.45, 7) is 5.91. The van der Waals surface area contributed by atoms with Gasteiger partial charge in [0.1, 0.15) is 12.7 Å². The summed E-state index contributed by atoms with van der Waals surface area (Å²) in [6, 6.07) is -0.0404. The van der Waals surface area contributed by atoms with E-state index >= 15 is 0 Å². The number of thiocarbonyl (C=S) groups is 1. The number of nitrogens with zero attached hydrogens (tertiary/aromatic N) is 3. The normalized spacial score (nSPS) is 14.3. The van der Waals surface area contributed by atoms with E-state index < -0.39 is 0 Å². The summed E-state index contributed by atoms with van der Waals surface area (Å²) < 4.78 is 1.80. The van der Waals surface area contributed by atoms with Crippen LogP contribution in [0.25, 0.3) is 0 Å². The zero-order valence-electron chi connectivity index (χ0n) is 10.5. The van der Waals surface area contributed by atoms with E-state index in [1.165, 1.54) is 6.33 Å². The van der Waals surface area contributed by atoms with Crippen LogP contribution in [-0.2, 0) is 6.54 Å². The van der Waals surface area contributed by atoms with Crippen LogP contribution in [0.5, 0.6) is 0 Å². The van der Waals surface area contributed by atoms with Crippen molar-refractivity contribution >= 4 is 17.2 Å². The van der Waals surface area contributed by atoms with Crippen LogP contribution in [0.3, 0.4) is 0 Å². The van der Waals surface area contributed by atoms with E-state index in [1.807, 2.05) is 0 Å². The highest BCUT2D eigenvalue weighted by Crippen LogP contribution is 2.05. The number of hydrogen-bond donors (Lipinski definition) is 2. The lowest BCUT2D eigenvalue weighted by atomic mass is 10.00. The van der Waals surface area contributed by atoms with Gasteiger partial charge < -0.3 is 11.1 Å². The molecule has 5 nitrogen and oxygen atoms in total. The van der Waals surface area contributed by atoms with Gasteiger partial charge >= 0.3 is 0 Å². The first-order chi connectivity index (χ1) is 8.15. The zero-order chi connectivity index (χ0) is 12.7. The lowest BCUT2D eigenvalue weighted by Crippen LogP contribution is -2.43. The van der Waals surface area contributed by atoms with Gasteiger partial charge in [-0.05, 0) is 12.3 Å². The highest BCUT2D eigenvalue weighted by molar-refractivity contribution is 7.80. The minimum absolute atomic E-state index is 0.0404. The van der Waals surface area contributed by atoms with Gasteiger partial charge in [-0.3, -0.25) is 4.68 Å². The molecule has 17 heavy (non-hydrogen) atoms. The number of nitrogens with two attached hydrogens (primary N) is 1. The Morgan fingerprint density at radius 2 is 2.35 bits per heavy atom. The van der Waals surface area contributed by atoms with Crippen molar-refractivity contribution in [2.45, 2.75) is 39.3 Å². The minimum Gasteiger partial charge on any atom is -0.378 e. The molecular formula is C11H21N5S. The van der Waals surface area contributed by atoms with Crippen molar-refractivity contribution in [2.24, 2.45) is 11.7 Å². The summed E-state index contributed by atoms with van der Waals surface area (Å²) in [5.74, 6) is 0.422. The third-order valence-corrected chi connectivity index (χ3v) is 3.31. The first kappa shape index (κ1) is 14.1. The quantitative estimate of drug-likeness (QED) is 0.561. The summed E-state index contributed by atoms with van der Waals surface area (Å²) in [5.41, 5.74) is 6.02. The molecule has 0 saturated heterocycles. The molecule has 0 aliphatic rings. The second-order valence-electron chi connectivity index (χ2n) is 4.21. The van der Waals surface area contributed by atoms with Crippen molar-refractivity contribution in [1.82, 2.24) is 20.1 Å². The van der Waals surface area contributed by atoms with Crippen molar-refractivity contribution in [3.63, 3.8) is 0 Å². The van der Waals surface area contributed by atoms with E-state index in [0.29, 0.717) is 5.92 Å². The molecule has 0 aliphatic heterocycles. The largest absolute Gasteiger partial charge is 0.378 e. The van der Waals surface area contributed by atoms with Crippen LogP contribution in [0.2, 0.25) is 0 Å². The summed E-state index contributed by atoms with van der Waals surface area (Å²) in [5, 5.41) is 7.23. The van der Waals surface area contributed by atoms with Gasteiger partial charge in [-0.2, -0.15) is 5.10 Å². The molecule has 0 amide bonds. The molecule has 0 aliphatic carbocycles. The minimum atomic E-state index is -0.0404. The van der Waals surface area contributed by atoms with Crippen molar-refractivity contribution in [1.29, 1.82) is 0 Å². The highest BCUT2D eigenvalue weighted by atomic mass is 32.1. The highest BCUT2D eigenvalue weighted by Gasteiger charge is 2.14. The Bertz CT molecular complexity index is 325. The maximum absolute atomic E-state index is 6.02. The second-order valence-corrected chi connectivity index (χ2v) is 4.65. The van der Waals surface area contributed by atoms with Crippen LogP contribution in [0.15, 0.2) is 12.7 Å². The molecule has 96 valence electrons. The maximum Gasteiger partial charge on any atom is 0.137 e. The van der Waals surface area contributed by atoms with Crippen molar-refractivity contribution in [2.75, 3.05) is 6.54 Å². The van der Waals surface area contributed by atoms with Crippen molar-refractivity contribution in [3.05, 3.63) is 12.7 Å². The molecule has 0 spiro atoms. The maximum atomic E-state index is 6.02. The molecular weight excluding hydrogens is 234 g/mol. The Labute approximate surface area is 108 Å². The lowest BCUT2D eigenvalue weighted by Gasteiger charge is -2.20. The Morgan fingerprint density at radius 1 is 1.59 bits per heavy atom. The summed E-state index contributed by atoms with van der Waals surface area (Å²) in [6.07, 6.45) is 5.25. The predicted molar refractivity (Wildman–Crippen MR) is 72.7 cm³/mol. The Morgan fingerprint density at radius 3 is 2.94 bits per heavy atom. The first-order valence-corrected chi connectivity index (χ1v) is 6.41. The average molecular weight is 255 g/mol. The monoisotopic (exact) mass is 255 g/mol. The van der Waals surface area contributed by atoms with Crippen LogP contribution in [-0.4, -0.2) is 32.3 Å². The molecule has 0 bridgehead atoms. The molecule has 2 atom stereocenters. The van der Waals surface area contributed by atoms with Gasteiger partial charge in [0, 0.05) is 13.1 Å². The Balaban J connectivity index is 2.16. The summed E-state index contributed by atoms with van der Waals surface area (Å²) >= 11 is 5.26. The third kappa shape index (κ3) is 4.79. The first-order valence-electron chi connectivity index (χ1n) is 6.00. The molecule has 1 rings (SSSR count). The topological polar surface area (TPSA) is 68.8 Å². The van der Waals surface area contributed by atoms with Gasteiger partial charge in [-0.15, -0.1) is 0 Å². The van der Waals surface area contributed by atoms with E-state index in [2.05, 4.69) is 29.2 Å². The molecule has 1 aromatic heterocycles. The van der Waals surface area contributed by atoms with Crippen LogP contribution in [0.4, 0.5) is 0 Å². The van der Waals surface area contributed by atoms with Crippen LogP contribution in [0, 0.1) is 5.92 Å². The van der Waals surface area contributed by atoms with Crippen LogP contribution >= 0.6 is 12.2 Å². The van der Waals surface area contributed by atoms with Crippen molar-refractivity contribution < 1.29 is 0 Å². The average Bonchev–Trinajstić information content (AvgIpc) is 2.85. The second kappa shape index (κ2) is 7.34. The van der Waals surface area contributed by atoms with Crippen LogP contribution < -0.4 is 11.1 Å². The number of nitrogens with one attached hydrogen (secondary N) is 1. The van der Waals surface area contributed by atoms with E-state index in [4.69, 9.17) is 18.0 Å². The standard InChI is InChI=1S/C11H21N5S/c1-3-9(2)10(12)11(17)14-5-4-6-16-8-13-7-15-16/h7-10H,3-6,12H2,1-2H3,(H,14,17)/t9?,10-/m0/s1. The molecule has 0 fully saturated rings. The number of rotatable bonds is 7. The zero-order valence-corrected chi connectivity index (χ0v) is 11.3. The molecule has 0 radical (unpaired) electrons. The number of aryl methyl sites for hydroxylation is 1. The summed E-state index contributed by atoms with van der Waals surface area (Å²) in [4.78, 5) is 4.65. The SMILES string of the molecule is CCC(C)[C@H](N)C(=S)NCCCn1cncn1. The fourth-order valence-corrected chi connectivity index (χ4v) is 1.77. The van der Waals surface area contributed by atoms with Gasteiger partial charge in [0.05, 0.1) is 11.0 Å². The Kier molecular flexibility index (Phi) is 6.07. The number of aromatic nitrogens is 3. The molecule has 1 aromatic rings. The molecule has 0 aromatic carbocycles. The number of hydrogen-bond acceptors (Lipinski definition) is 4. The Hall–Kier alpha value is -1.01. The molecule has 1 heterocycles.